The monoisotopic (exact) mass is 164 g/mol. The van der Waals surface area contributed by atoms with Crippen molar-refractivity contribution in [1.82, 2.24) is 0 Å². The molecule has 0 unspecified atom stereocenters. The maximum absolute atomic E-state index is 2.33. The molecule has 0 aromatic rings. The number of allylic oxidation sites excluding steroid dienone is 4. The Labute approximate surface area is 76.4 Å². The first-order valence-corrected chi connectivity index (χ1v) is 4.91. The van der Waals surface area contributed by atoms with E-state index < -0.39 is 0 Å². The van der Waals surface area contributed by atoms with E-state index in [1.165, 1.54) is 6.42 Å². The van der Waals surface area contributed by atoms with Gasteiger partial charge in [-0.15, -0.1) is 0 Å². The highest BCUT2D eigenvalue weighted by Crippen LogP contribution is 2.44. The molecule has 1 aliphatic carbocycles. The third-order valence-corrected chi connectivity index (χ3v) is 2.99. The second-order valence-electron chi connectivity index (χ2n) is 4.45. The van der Waals surface area contributed by atoms with Crippen LogP contribution in [0.1, 0.15) is 41.0 Å². The average molecular weight is 164 g/mol. The molecule has 0 radical (unpaired) electrons. The van der Waals surface area contributed by atoms with E-state index in [4.69, 9.17) is 0 Å². The molecule has 0 fully saturated rings. The molecule has 1 aliphatic rings. The Morgan fingerprint density at radius 1 is 1.25 bits per heavy atom. The molecular weight excluding hydrogens is 144 g/mol. The zero-order valence-corrected chi connectivity index (χ0v) is 8.94. The zero-order valence-electron chi connectivity index (χ0n) is 8.94. The van der Waals surface area contributed by atoms with Gasteiger partial charge in [-0.1, -0.05) is 57.9 Å². The molecule has 0 spiro atoms. The summed E-state index contributed by atoms with van der Waals surface area (Å²) >= 11 is 0. The highest BCUT2D eigenvalue weighted by Gasteiger charge is 2.31. The number of rotatable bonds is 2. The Balaban J connectivity index is 2.89. The quantitative estimate of drug-likeness (QED) is 0.580. The first-order valence-electron chi connectivity index (χ1n) is 4.91. The van der Waals surface area contributed by atoms with Gasteiger partial charge in [0.05, 0.1) is 0 Å². The van der Waals surface area contributed by atoms with E-state index in [0.717, 1.165) is 0 Å². The van der Waals surface area contributed by atoms with Crippen LogP contribution in [0.25, 0.3) is 0 Å². The number of hydrogen-bond acceptors (Lipinski definition) is 0. The Kier molecular flexibility index (Phi) is 2.46. The third kappa shape index (κ3) is 1.35. The van der Waals surface area contributed by atoms with Crippen LogP contribution in [-0.2, 0) is 0 Å². The summed E-state index contributed by atoms with van der Waals surface area (Å²) in [5.41, 5.74) is 3.48. The van der Waals surface area contributed by atoms with Crippen LogP contribution >= 0.6 is 0 Å². The maximum atomic E-state index is 2.33. The van der Waals surface area contributed by atoms with Crippen LogP contribution in [0.2, 0.25) is 0 Å². The van der Waals surface area contributed by atoms with E-state index in [9.17, 15) is 0 Å². The van der Waals surface area contributed by atoms with Gasteiger partial charge in [-0.25, -0.2) is 0 Å². The van der Waals surface area contributed by atoms with Crippen molar-refractivity contribution in [2.45, 2.75) is 41.0 Å². The molecule has 0 aliphatic heterocycles. The first-order chi connectivity index (χ1) is 5.50. The van der Waals surface area contributed by atoms with Crippen LogP contribution in [0.15, 0.2) is 23.3 Å². The van der Waals surface area contributed by atoms with Gasteiger partial charge >= 0.3 is 0 Å². The predicted molar refractivity (Wildman–Crippen MR) is 55.1 cm³/mol. The molecular formula is C12H20. The molecule has 0 amide bonds. The fraction of sp³-hybridized carbons (Fsp3) is 0.667. The van der Waals surface area contributed by atoms with Crippen molar-refractivity contribution in [1.29, 1.82) is 0 Å². The SMILES string of the molecule is CCC1=CC=C(C(C)C)C1(C)C. The van der Waals surface area contributed by atoms with Crippen molar-refractivity contribution >= 4 is 0 Å². The fourth-order valence-corrected chi connectivity index (χ4v) is 2.27. The molecule has 0 aromatic heterocycles. The molecule has 0 heteroatoms. The lowest BCUT2D eigenvalue weighted by Gasteiger charge is -2.29. The maximum Gasteiger partial charge on any atom is 0.00727 e. The fourth-order valence-electron chi connectivity index (χ4n) is 2.27. The molecule has 0 nitrogen and oxygen atoms in total. The van der Waals surface area contributed by atoms with Crippen molar-refractivity contribution in [3.63, 3.8) is 0 Å². The molecule has 0 aromatic carbocycles. The molecule has 0 N–H and O–H groups in total. The summed E-state index contributed by atoms with van der Waals surface area (Å²) < 4.78 is 0. The molecule has 12 heavy (non-hydrogen) atoms. The molecule has 0 saturated heterocycles. The van der Waals surface area contributed by atoms with Gasteiger partial charge in [-0.3, -0.25) is 0 Å². The van der Waals surface area contributed by atoms with E-state index in [1.807, 2.05) is 0 Å². The van der Waals surface area contributed by atoms with Crippen LogP contribution in [0.3, 0.4) is 0 Å². The summed E-state index contributed by atoms with van der Waals surface area (Å²) in [4.78, 5) is 0. The summed E-state index contributed by atoms with van der Waals surface area (Å²) in [6, 6.07) is 0. The van der Waals surface area contributed by atoms with E-state index in [2.05, 4.69) is 46.8 Å². The molecule has 1 rings (SSSR count). The van der Waals surface area contributed by atoms with E-state index in [-0.39, 0.29) is 0 Å². The smallest absolute Gasteiger partial charge is 0.00727 e. The van der Waals surface area contributed by atoms with Crippen LogP contribution < -0.4 is 0 Å². The standard InChI is InChI=1S/C12H20/c1-6-10-7-8-11(9(2)3)12(10,4)5/h7-9H,6H2,1-5H3. The Hall–Kier alpha value is -0.520. The van der Waals surface area contributed by atoms with Gasteiger partial charge < -0.3 is 0 Å². The minimum atomic E-state index is 0.322. The topological polar surface area (TPSA) is 0 Å². The van der Waals surface area contributed by atoms with Gasteiger partial charge in [-0.05, 0) is 12.3 Å². The first kappa shape index (κ1) is 9.57. The van der Waals surface area contributed by atoms with Gasteiger partial charge in [-0.2, -0.15) is 0 Å². The zero-order chi connectivity index (χ0) is 9.35. The van der Waals surface area contributed by atoms with Crippen LogP contribution in [0.4, 0.5) is 0 Å². The second-order valence-corrected chi connectivity index (χ2v) is 4.45. The number of hydrogen-bond donors (Lipinski definition) is 0. The average Bonchev–Trinajstić information content (AvgIpc) is 2.24. The van der Waals surface area contributed by atoms with Crippen molar-refractivity contribution in [2.24, 2.45) is 11.3 Å². The van der Waals surface area contributed by atoms with Crippen molar-refractivity contribution in [3.05, 3.63) is 23.3 Å². The summed E-state index contributed by atoms with van der Waals surface area (Å²) in [5, 5.41) is 0. The van der Waals surface area contributed by atoms with Crippen LogP contribution in [0.5, 0.6) is 0 Å². The van der Waals surface area contributed by atoms with Gasteiger partial charge in [0.25, 0.3) is 0 Å². The summed E-state index contributed by atoms with van der Waals surface area (Å²) in [5.74, 6) is 0.681. The van der Waals surface area contributed by atoms with Gasteiger partial charge in [0, 0.05) is 5.41 Å². The Morgan fingerprint density at radius 2 is 1.83 bits per heavy atom. The Bertz CT molecular complexity index is 226. The molecule has 68 valence electrons. The largest absolute Gasteiger partial charge is 0.0622 e. The lowest BCUT2D eigenvalue weighted by molar-refractivity contribution is 0.476. The molecule has 0 saturated carbocycles. The van der Waals surface area contributed by atoms with Gasteiger partial charge in [0.2, 0.25) is 0 Å². The van der Waals surface area contributed by atoms with Crippen LogP contribution in [0, 0.1) is 11.3 Å². The summed E-state index contributed by atoms with van der Waals surface area (Å²) in [7, 11) is 0. The van der Waals surface area contributed by atoms with Crippen molar-refractivity contribution in [2.75, 3.05) is 0 Å². The van der Waals surface area contributed by atoms with Crippen molar-refractivity contribution < 1.29 is 0 Å². The minimum Gasteiger partial charge on any atom is -0.0622 e. The highest BCUT2D eigenvalue weighted by atomic mass is 14.4. The Morgan fingerprint density at radius 3 is 2.08 bits per heavy atom. The third-order valence-electron chi connectivity index (χ3n) is 2.99. The van der Waals surface area contributed by atoms with Gasteiger partial charge in [0.1, 0.15) is 0 Å². The molecule has 0 atom stereocenters. The second kappa shape index (κ2) is 3.08. The van der Waals surface area contributed by atoms with E-state index >= 15 is 0 Å². The van der Waals surface area contributed by atoms with E-state index in [1.54, 1.807) is 11.1 Å². The van der Waals surface area contributed by atoms with Crippen molar-refractivity contribution in [3.8, 4) is 0 Å². The minimum absolute atomic E-state index is 0.322. The lowest BCUT2D eigenvalue weighted by atomic mass is 9.75. The summed E-state index contributed by atoms with van der Waals surface area (Å²) in [6.07, 6.45) is 5.79. The molecule has 0 bridgehead atoms. The molecule has 0 heterocycles. The van der Waals surface area contributed by atoms with E-state index in [0.29, 0.717) is 11.3 Å². The lowest BCUT2D eigenvalue weighted by Crippen LogP contribution is -2.17. The normalized spacial score (nSPS) is 21.2. The highest BCUT2D eigenvalue weighted by molar-refractivity contribution is 5.39. The van der Waals surface area contributed by atoms with Gasteiger partial charge in [0.15, 0.2) is 0 Å². The predicted octanol–water partition coefficient (Wildman–Crippen LogP) is 3.95. The van der Waals surface area contributed by atoms with Crippen LogP contribution in [-0.4, -0.2) is 0 Å². The summed E-state index contributed by atoms with van der Waals surface area (Å²) in [6.45, 7) is 11.5.